The Morgan fingerprint density at radius 2 is 2.11 bits per heavy atom. The first-order chi connectivity index (χ1) is 8.70. The van der Waals surface area contributed by atoms with Crippen LogP contribution in [0.15, 0.2) is 36.7 Å². The summed E-state index contributed by atoms with van der Waals surface area (Å²) in [6, 6.07) is 8.76. The van der Waals surface area contributed by atoms with Crippen LogP contribution >= 0.6 is 11.6 Å². The molecule has 1 aromatic carbocycles. The van der Waals surface area contributed by atoms with Crippen molar-refractivity contribution in [3.63, 3.8) is 0 Å². The summed E-state index contributed by atoms with van der Waals surface area (Å²) in [6.07, 6.45) is 6.78. The minimum absolute atomic E-state index is 0.0513. The standard InChI is InChI=1S/C14H9ClN2O/c15-13-7-10(2-4-14(13)18)1-3-11-5-6-17-9-12(11)8-16/h1-7,9,18H/b3-1+. The number of rotatable bonds is 2. The van der Waals surface area contributed by atoms with Crippen molar-refractivity contribution in [2.75, 3.05) is 0 Å². The van der Waals surface area contributed by atoms with Gasteiger partial charge in [-0.25, -0.2) is 0 Å². The Balaban J connectivity index is 2.30. The van der Waals surface area contributed by atoms with Gasteiger partial charge in [0.15, 0.2) is 0 Å². The minimum Gasteiger partial charge on any atom is -0.506 e. The van der Waals surface area contributed by atoms with E-state index < -0.39 is 0 Å². The molecule has 1 N–H and O–H groups in total. The number of aromatic nitrogens is 1. The van der Waals surface area contributed by atoms with Crippen molar-refractivity contribution >= 4 is 23.8 Å². The van der Waals surface area contributed by atoms with Crippen LogP contribution in [0.2, 0.25) is 5.02 Å². The smallest absolute Gasteiger partial charge is 0.134 e. The topological polar surface area (TPSA) is 56.9 Å². The number of halogens is 1. The summed E-state index contributed by atoms with van der Waals surface area (Å²) in [7, 11) is 0. The van der Waals surface area contributed by atoms with E-state index in [0.29, 0.717) is 10.6 Å². The van der Waals surface area contributed by atoms with Crippen molar-refractivity contribution in [2.45, 2.75) is 0 Å². The third kappa shape index (κ3) is 2.68. The molecule has 0 aliphatic heterocycles. The number of phenolic OH excluding ortho intramolecular Hbond substituents is 1. The van der Waals surface area contributed by atoms with Crippen LogP contribution in [0.1, 0.15) is 16.7 Å². The van der Waals surface area contributed by atoms with E-state index in [1.807, 2.05) is 12.2 Å². The Labute approximate surface area is 110 Å². The molecule has 0 aliphatic carbocycles. The first-order valence-corrected chi connectivity index (χ1v) is 5.59. The molecule has 2 rings (SSSR count). The molecule has 0 bridgehead atoms. The number of phenols is 1. The number of nitriles is 1. The number of nitrogens with zero attached hydrogens (tertiary/aromatic N) is 2. The van der Waals surface area contributed by atoms with Gasteiger partial charge in [0.05, 0.1) is 10.6 Å². The Morgan fingerprint density at radius 3 is 2.83 bits per heavy atom. The van der Waals surface area contributed by atoms with Crippen LogP contribution in [-0.4, -0.2) is 10.1 Å². The predicted molar refractivity (Wildman–Crippen MR) is 71.0 cm³/mol. The van der Waals surface area contributed by atoms with E-state index in [1.165, 1.54) is 12.3 Å². The molecule has 0 radical (unpaired) electrons. The summed E-state index contributed by atoms with van der Waals surface area (Å²) < 4.78 is 0. The largest absolute Gasteiger partial charge is 0.506 e. The van der Waals surface area contributed by atoms with Gasteiger partial charge in [0.25, 0.3) is 0 Å². The molecule has 0 saturated heterocycles. The lowest BCUT2D eigenvalue weighted by molar-refractivity contribution is 0.475. The van der Waals surface area contributed by atoms with Crippen molar-refractivity contribution in [3.8, 4) is 11.8 Å². The second-order valence-corrected chi connectivity index (χ2v) is 4.03. The van der Waals surface area contributed by atoms with E-state index in [-0.39, 0.29) is 5.75 Å². The van der Waals surface area contributed by atoms with Gasteiger partial charge >= 0.3 is 0 Å². The highest BCUT2D eigenvalue weighted by Crippen LogP contribution is 2.24. The highest BCUT2D eigenvalue weighted by Gasteiger charge is 1.99. The molecule has 88 valence electrons. The molecule has 0 spiro atoms. The number of aromatic hydroxyl groups is 1. The van der Waals surface area contributed by atoms with Crippen LogP contribution < -0.4 is 0 Å². The molecule has 2 aromatic rings. The highest BCUT2D eigenvalue weighted by molar-refractivity contribution is 6.32. The van der Waals surface area contributed by atoms with E-state index in [4.69, 9.17) is 16.9 Å². The maximum atomic E-state index is 9.30. The molecule has 18 heavy (non-hydrogen) atoms. The Bertz CT molecular complexity index is 644. The lowest BCUT2D eigenvalue weighted by Gasteiger charge is -1.99. The third-order valence-electron chi connectivity index (χ3n) is 2.40. The minimum atomic E-state index is 0.0513. The van der Waals surface area contributed by atoms with E-state index in [9.17, 15) is 5.11 Å². The molecule has 4 heteroatoms. The van der Waals surface area contributed by atoms with E-state index in [0.717, 1.165) is 11.1 Å². The normalized spacial score (nSPS) is 10.4. The van der Waals surface area contributed by atoms with Gasteiger partial charge in [-0.2, -0.15) is 5.26 Å². The Kier molecular flexibility index (Phi) is 3.61. The number of hydrogen-bond donors (Lipinski definition) is 1. The summed E-state index contributed by atoms with van der Waals surface area (Å²) in [6.45, 7) is 0. The summed E-state index contributed by atoms with van der Waals surface area (Å²) >= 11 is 5.81. The fourth-order valence-electron chi connectivity index (χ4n) is 1.46. The fourth-order valence-corrected chi connectivity index (χ4v) is 1.65. The molecule has 0 unspecified atom stereocenters. The first-order valence-electron chi connectivity index (χ1n) is 5.21. The first kappa shape index (κ1) is 12.2. The highest BCUT2D eigenvalue weighted by atomic mass is 35.5. The van der Waals surface area contributed by atoms with E-state index >= 15 is 0 Å². The number of pyridine rings is 1. The third-order valence-corrected chi connectivity index (χ3v) is 2.71. The lowest BCUT2D eigenvalue weighted by atomic mass is 10.1. The zero-order valence-electron chi connectivity index (χ0n) is 9.34. The second kappa shape index (κ2) is 5.35. The van der Waals surface area contributed by atoms with Gasteiger partial charge < -0.3 is 5.11 Å². The average Bonchev–Trinajstić information content (AvgIpc) is 2.40. The summed E-state index contributed by atoms with van der Waals surface area (Å²) in [5.41, 5.74) is 2.15. The van der Waals surface area contributed by atoms with Crippen molar-refractivity contribution < 1.29 is 5.11 Å². The SMILES string of the molecule is N#Cc1cnccc1/C=C/c1ccc(O)c(Cl)c1. The molecule has 0 saturated carbocycles. The zero-order valence-corrected chi connectivity index (χ0v) is 10.1. The Hall–Kier alpha value is -2.31. The molecule has 1 heterocycles. The van der Waals surface area contributed by atoms with Crippen LogP contribution in [0, 0.1) is 11.3 Å². The lowest BCUT2D eigenvalue weighted by Crippen LogP contribution is -1.83. The van der Waals surface area contributed by atoms with Gasteiger partial charge in [0.1, 0.15) is 11.8 Å². The maximum absolute atomic E-state index is 9.30. The molecule has 3 nitrogen and oxygen atoms in total. The van der Waals surface area contributed by atoms with Crippen LogP contribution in [0.25, 0.3) is 12.2 Å². The van der Waals surface area contributed by atoms with Crippen LogP contribution in [0.4, 0.5) is 0 Å². The van der Waals surface area contributed by atoms with Crippen molar-refractivity contribution in [1.82, 2.24) is 4.98 Å². The van der Waals surface area contributed by atoms with E-state index in [1.54, 1.807) is 24.4 Å². The zero-order chi connectivity index (χ0) is 13.0. The van der Waals surface area contributed by atoms with Gasteiger partial charge in [0.2, 0.25) is 0 Å². The molecule has 0 atom stereocenters. The number of hydrogen-bond acceptors (Lipinski definition) is 3. The van der Waals surface area contributed by atoms with Gasteiger partial charge in [-0.15, -0.1) is 0 Å². The molecule has 0 aliphatic rings. The van der Waals surface area contributed by atoms with Crippen LogP contribution in [0.3, 0.4) is 0 Å². The van der Waals surface area contributed by atoms with Crippen LogP contribution in [-0.2, 0) is 0 Å². The van der Waals surface area contributed by atoms with Crippen molar-refractivity contribution in [3.05, 3.63) is 58.4 Å². The summed E-state index contributed by atoms with van der Waals surface area (Å²) in [4.78, 5) is 3.89. The van der Waals surface area contributed by atoms with Gasteiger partial charge in [-0.3, -0.25) is 4.98 Å². The van der Waals surface area contributed by atoms with Crippen molar-refractivity contribution in [1.29, 1.82) is 5.26 Å². The Morgan fingerprint density at radius 1 is 1.28 bits per heavy atom. The van der Waals surface area contributed by atoms with Gasteiger partial charge in [-0.05, 0) is 29.3 Å². The van der Waals surface area contributed by atoms with Crippen molar-refractivity contribution in [2.24, 2.45) is 0 Å². The van der Waals surface area contributed by atoms with Gasteiger partial charge in [-0.1, -0.05) is 29.8 Å². The summed E-state index contributed by atoms with van der Waals surface area (Å²) in [5, 5.41) is 18.5. The second-order valence-electron chi connectivity index (χ2n) is 3.62. The molecular weight excluding hydrogens is 248 g/mol. The average molecular weight is 257 g/mol. The maximum Gasteiger partial charge on any atom is 0.134 e. The fraction of sp³-hybridized carbons (Fsp3) is 0. The quantitative estimate of drug-likeness (QED) is 0.895. The van der Waals surface area contributed by atoms with Crippen LogP contribution in [0.5, 0.6) is 5.75 Å². The van der Waals surface area contributed by atoms with E-state index in [2.05, 4.69) is 11.1 Å². The predicted octanol–water partition coefficient (Wildman–Crippen LogP) is 3.48. The monoisotopic (exact) mass is 256 g/mol. The van der Waals surface area contributed by atoms with Gasteiger partial charge in [0, 0.05) is 12.4 Å². The molecular formula is C14H9ClN2O. The molecule has 1 aromatic heterocycles. The molecule has 0 amide bonds. The summed E-state index contributed by atoms with van der Waals surface area (Å²) in [5.74, 6) is 0.0513. The number of benzene rings is 1. The molecule has 0 fully saturated rings.